The SMILES string of the molecule is C=Cc1c(-c2ccccc2)ccc(-c2c3ccccc3c(-c3ccc4c(c3)oc3ccc5c(-c6ccc(-c7ccc(-c8c9ccccc9c(-c9ccc%10c(c9)oc9ccc%11ccc%12c%13ccccc%13oc%12c%11c9%10)c9ccccc89)c8ccccc78)cc6)cc6oc7ccccc7c6c5c34)c3ccccc23)c1C=C. The molecule has 0 bridgehead atoms. The third kappa shape index (κ3) is 8.62. The summed E-state index contributed by atoms with van der Waals surface area (Å²) in [6, 6.07) is 119. The molecular weight excluding hydrogens is 1310 g/mol. The van der Waals surface area contributed by atoms with Gasteiger partial charge in [0.1, 0.15) is 44.7 Å². The van der Waals surface area contributed by atoms with Gasteiger partial charge in [-0.1, -0.05) is 286 Å². The molecule has 23 rings (SSSR count). The van der Waals surface area contributed by atoms with Gasteiger partial charge in [0, 0.05) is 53.9 Å². The smallest absolute Gasteiger partial charge is 0.144 e. The quantitative estimate of drug-likeness (QED) is 0.135. The Labute approximate surface area is 618 Å². The lowest BCUT2D eigenvalue weighted by atomic mass is 9.82. The molecular formula is C104H60O4. The van der Waals surface area contributed by atoms with E-state index < -0.39 is 0 Å². The minimum Gasteiger partial charge on any atom is -0.456 e. The van der Waals surface area contributed by atoms with Crippen LogP contribution in [0, 0.1) is 0 Å². The van der Waals surface area contributed by atoms with Crippen LogP contribution in [0.15, 0.2) is 358 Å². The summed E-state index contributed by atoms with van der Waals surface area (Å²) in [5, 5.41) is 24.8. The van der Waals surface area contributed by atoms with Crippen molar-refractivity contribution in [2.45, 2.75) is 0 Å². The van der Waals surface area contributed by atoms with E-state index in [1.165, 1.54) is 54.6 Å². The molecule has 0 aliphatic rings. The van der Waals surface area contributed by atoms with Crippen molar-refractivity contribution >= 4 is 175 Å². The molecule has 0 amide bonds. The van der Waals surface area contributed by atoms with Gasteiger partial charge in [0.05, 0.1) is 0 Å². The molecule has 0 atom stereocenters. The first-order valence-electron chi connectivity index (χ1n) is 36.9. The molecule has 0 unspecified atom stereocenters. The summed E-state index contributed by atoms with van der Waals surface area (Å²) >= 11 is 0. The van der Waals surface area contributed by atoms with Crippen molar-refractivity contribution in [3.63, 3.8) is 0 Å². The fourth-order valence-electron chi connectivity index (χ4n) is 18.6. The van der Waals surface area contributed by atoms with Gasteiger partial charge in [0.15, 0.2) is 0 Å². The van der Waals surface area contributed by atoms with Crippen LogP contribution in [0.3, 0.4) is 0 Å². The molecule has 0 fully saturated rings. The number of rotatable bonds is 9. The van der Waals surface area contributed by atoms with E-state index in [4.69, 9.17) is 17.7 Å². The topological polar surface area (TPSA) is 52.6 Å². The second-order valence-electron chi connectivity index (χ2n) is 28.7. The number of hydrogen-bond donors (Lipinski definition) is 0. The maximum atomic E-state index is 7.12. The second kappa shape index (κ2) is 23.1. The normalized spacial score (nSPS) is 12.1. The van der Waals surface area contributed by atoms with Crippen molar-refractivity contribution in [1.82, 2.24) is 0 Å². The Balaban J connectivity index is 0.637. The maximum absolute atomic E-state index is 7.12. The Morgan fingerprint density at radius 2 is 0.556 bits per heavy atom. The molecule has 4 aromatic heterocycles. The van der Waals surface area contributed by atoms with Crippen molar-refractivity contribution in [3.8, 4) is 77.9 Å². The summed E-state index contributed by atoms with van der Waals surface area (Å²) < 4.78 is 27.5. The van der Waals surface area contributed by atoms with Gasteiger partial charge in [-0.25, -0.2) is 0 Å². The third-order valence-electron chi connectivity index (χ3n) is 23.2. The number of furan rings is 4. The average molecular weight is 1370 g/mol. The summed E-state index contributed by atoms with van der Waals surface area (Å²) in [4.78, 5) is 0. The third-order valence-corrected chi connectivity index (χ3v) is 23.2. The highest BCUT2D eigenvalue weighted by molar-refractivity contribution is 6.35. The monoisotopic (exact) mass is 1370 g/mol. The summed E-state index contributed by atoms with van der Waals surface area (Å²) in [5.74, 6) is 0. The summed E-state index contributed by atoms with van der Waals surface area (Å²) in [6.07, 6.45) is 3.97. The van der Waals surface area contributed by atoms with Crippen molar-refractivity contribution in [2.75, 3.05) is 0 Å². The van der Waals surface area contributed by atoms with Crippen LogP contribution in [-0.4, -0.2) is 0 Å². The van der Waals surface area contributed by atoms with Crippen molar-refractivity contribution < 1.29 is 17.7 Å². The molecule has 19 aromatic carbocycles. The van der Waals surface area contributed by atoms with Crippen LogP contribution in [0.2, 0.25) is 0 Å². The summed E-state index contributed by atoms with van der Waals surface area (Å²) in [7, 11) is 0. The van der Waals surface area contributed by atoms with Gasteiger partial charge in [-0.2, -0.15) is 0 Å². The van der Waals surface area contributed by atoms with Gasteiger partial charge in [-0.15, -0.1) is 0 Å². The van der Waals surface area contributed by atoms with Gasteiger partial charge in [0.2, 0.25) is 0 Å². The number of hydrogen-bond acceptors (Lipinski definition) is 4. The molecule has 0 radical (unpaired) electrons. The van der Waals surface area contributed by atoms with Crippen LogP contribution in [0.5, 0.6) is 0 Å². The van der Waals surface area contributed by atoms with Crippen LogP contribution in [0.25, 0.3) is 253 Å². The zero-order valence-electron chi connectivity index (χ0n) is 58.4. The first kappa shape index (κ1) is 60.1. The first-order chi connectivity index (χ1) is 53.5. The predicted octanol–water partition coefficient (Wildman–Crippen LogP) is 30.3. The molecule has 0 saturated carbocycles. The van der Waals surface area contributed by atoms with Crippen molar-refractivity contribution in [2.24, 2.45) is 0 Å². The number of para-hydroxylation sites is 2. The van der Waals surface area contributed by atoms with E-state index in [0.29, 0.717) is 0 Å². The molecule has 0 spiro atoms. The molecule has 4 heterocycles. The summed E-state index contributed by atoms with van der Waals surface area (Å²) in [6.45, 7) is 8.74. The predicted molar refractivity (Wildman–Crippen MR) is 456 cm³/mol. The van der Waals surface area contributed by atoms with E-state index in [1.54, 1.807) is 0 Å². The number of benzene rings is 19. The standard InChI is InChI=1S/C104H60O4/c1-3-65-66(4-2)80(51-49-67(65)59-22-6-5-7-23-59)98-76-31-14-10-27-72(76)95(73-28-11-15-32-77(73)98)64-44-48-86-93(57-64)107-91-55-53-82-87(58-94-102(103(82)101(86)91)84-35-19-21-37-89(84)105-94)61-40-38-60(39-41-61)68-50-52-81(70-25-9-8-24-69(68)70)99-78-33-16-12-29-74(78)96(75-30-13-17-34-79(75)99)63-43-47-85-92(56-63)106-90-54-45-62-42-46-83-71-26-18-20-36-88(71)108-104(83)97(62)100(85)90/h3-58H,1-2H2. The zero-order valence-corrected chi connectivity index (χ0v) is 58.4. The highest BCUT2D eigenvalue weighted by Gasteiger charge is 2.27. The Kier molecular flexibility index (Phi) is 12.9. The average Bonchev–Trinajstić information content (AvgIpc) is 1.66. The van der Waals surface area contributed by atoms with Crippen LogP contribution < -0.4 is 0 Å². The molecule has 0 N–H and O–H groups in total. The van der Waals surface area contributed by atoms with Crippen LogP contribution >= 0.6 is 0 Å². The van der Waals surface area contributed by atoms with Crippen LogP contribution in [0.4, 0.5) is 0 Å². The Morgan fingerprint density at radius 1 is 0.185 bits per heavy atom. The van der Waals surface area contributed by atoms with E-state index in [2.05, 4.69) is 329 Å². The fraction of sp³-hybridized carbons (Fsp3) is 0. The molecule has 4 heteroatoms. The highest BCUT2D eigenvalue weighted by Crippen LogP contribution is 2.53. The fourth-order valence-corrected chi connectivity index (χ4v) is 18.6. The van der Waals surface area contributed by atoms with Gasteiger partial charge in [-0.05, 0) is 220 Å². The molecule has 500 valence electrons. The van der Waals surface area contributed by atoms with Gasteiger partial charge in [0.25, 0.3) is 0 Å². The lowest BCUT2D eigenvalue weighted by Gasteiger charge is -2.21. The lowest BCUT2D eigenvalue weighted by molar-refractivity contribution is 0.668. The number of fused-ring (bicyclic) bond motifs is 23. The molecule has 0 aliphatic carbocycles. The lowest BCUT2D eigenvalue weighted by Crippen LogP contribution is -1.95. The molecule has 108 heavy (non-hydrogen) atoms. The van der Waals surface area contributed by atoms with Crippen LogP contribution in [-0.2, 0) is 0 Å². The minimum atomic E-state index is 0.818. The Bertz CT molecular complexity index is 7770. The second-order valence-corrected chi connectivity index (χ2v) is 28.7. The molecule has 0 aliphatic heterocycles. The maximum Gasteiger partial charge on any atom is 0.144 e. The molecule has 0 saturated heterocycles. The van der Waals surface area contributed by atoms with Crippen LogP contribution in [0.1, 0.15) is 11.1 Å². The largest absolute Gasteiger partial charge is 0.456 e. The Morgan fingerprint density at radius 3 is 1.14 bits per heavy atom. The van der Waals surface area contributed by atoms with Gasteiger partial charge < -0.3 is 17.7 Å². The van der Waals surface area contributed by atoms with E-state index in [9.17, 15) is 0 Å². The van der Waals surface area contributed by atoms with E-state index in [0.717, 1.165) is 198 Å². The van der Waals surface area contributed by atoms with Gasteiger partial charge >= 0.3 is 0 Å². The Hall–Kier alpha value is -14.3. The first-order valence-corrected chi connectivity index (χ1v) is 36.9. The molecule has 4 nitrogen and oxygen atoms in total. The highest BCUT2D eigenvalue weighted by atomic mass is 16.3. The van der Waals surface area contributed by atoms with E-state index >= 15 is 0 Å². The molecule has 23 aromatic rings. The minimum absolute atomic E-state index is 0.818. The summed E-state index contributed by atoms with van der Waals surface area (Å²) in [5.41, 5.74) is 24.8. The van der Waals surface area contributed by atoms with Crippen molar-refractivity contribution in [1.29, 1.82) is 0 Å². The van der Waals surface area contributed by atoms with E-state index in [1.807, 2.05) is 24.3 Å². The van der Waals surface area contributed by atoms with E-state index in [-0.39, 0.29) is 0 Å². The van der Waals surface area contributed by atoms with Gasteiger partial charge in [-0.3, -0.25) is 0 Å². The van der Waals surface area contributed by atoms with Crippen molar-refractivity contribution in [3.05, 3.63) is 352 Å². The zero-order chi connectivity index (χ0) is 71.0.